The van der Waals surface area contributed by atoms with E-state index in [4.69, 9.17) is 4.74 Å². The van der Waals surface area contributed by atoms with Crippen LogP contribution in [0.25, 0.3) is 0 Å². The molecule has 0 radical (unpaired) electrons. The van der Waals surface area contributed by atoms with Crippen molar-refractivity contribution in [2.24, 2.45) is 5.41 Å². The number of rotatable bonds is 3. The average molecular weight is 352 g/mol. The summed E-state index contributed by atoms with van der Waals surface area (Å²) >= 11 is 0. The summed E-state index contributed by atoms with van der Waals surface area (Å²) < 4.78 is 46.4. The Labute approximate surface area is 141 Å². The molecule has 1 amide bonds. The van der Waals surface area contributed by atoms with Gasteiger partial charge >= 0.3 is 12.5 Å². The third-order valence-corrected chi connectivity index (χ3v) is 4.74. The maximum Gasteiger partial charge on any atom is 0.522 e. The van der Waals surface area contributed by atoms with Gasteiger partial charge in [0.05, 0.1) is 6.10 Å². The quantitative estimate of drug-likeness (QED) is 0.782. The molecule has 0 aromatic carbocycles. The first-order chi connectivity index (χ1) is 10.8. The smallest absolute Gasteiger partial charge is 0.444 e. The van der Waals surface area contributed by atoms with E-state index in [0.717, 1.165) is 6.42 Å². The maximum atomic E-state index is 12.3. The lowest BCUT2D eigenvalue weighted by Crippen LogP contribution is -2.62. The van der Waals surface area contributed by atoms with Gasteiger partial charge in [-0.15, -0.1) is 13.2 Å². The largest absolute Gasteiger partial charge is 0.522 e. The summed E-state index contributed by atoms with van der Waals surface area (Å²) in [5.74, 6) is 0. The van der Waals surface area contributed by atoms with E-state index in [-0.39, 0.29) is 17.6 Å². The van der Waals surface area contributed by atoms with E-state index in [1.54, 1.807) is 11.8 Å². The van der Waals surface area contributed by atoms with E-state index < -0.39 is 18.1 Å². The third kappa shape index (κ3) is 4.75. The molecule has 140 valence electrons. The number of hydrogen-bond acceptors (Lipinski definition) is 4. The van der Waals surface area contributed by atoms with Crippen LogP contribution in [0.2, 0.25) is 0 Å². The number of hydrogen-bond donors (Lipinski definition) is 0. The van der Waals surface area contributed by atoms with E-state index in [0.29, 0.717) is 26.2 Å². The molecule has 2 saturated heterocycles. The second-order valence-corrected chi connectivity index (χ2v) is 8.07. The van der Waals surface area contributed by atoms with Crippen LogP contribution in [0.3, 0.4) is 0 Å². The van der Waals surface area contributed by atoms with Crippen molar-refractivity contribution in [1.29, 1.82) is 0 Å². The first-order valence-electron chi connectivity index (χ1n) is 8.27. The fourth-order valence-corrected chi connectivity index (χ4v) is 3.39. The summed E-state index contributed by atoms with van der Waals surface area (Å²) in [5.41, 5.74) is -0.555. The zero-order chi connectivity index (χ0) is 18.3. The fourth-order valence-electron chi connectivity index (χ4n) is 3.39. The molecule has 24 heavy (non-hydrogen) atoms. The highest BCUT2D eigenvalue weighted by Gasteiger charge is 2.51. The van der Waals surface area contributed by atoms with Crippen LogP contribution in [0.5, 0.6) is 0 Å². The van der Waals surface area contributed by atoms with Gasteiger partial charge in [-0.2, -0.15) is 0 Å². The first-order valence-corrected chi connectivity index (χ1v) is 8.27. The molecule has 0 aliphatic carbocycles. The molecular weight excluding hydrogens is 325 g/mol. The molecule has 2 atom stereocenters. The molecule has 0 aromatic heterocycles. The number of likely N-dealkylation sites (tertiary alicyclic amines) is 2. The predicted molar refractivity (Wildman–Crippen MR) is 82.5 cm³/mol. The van der Waals surface area contributed by atoms with Crippen molar-refractivity contribution < 1.29 is 27.4 Å². The highest BCUT2D eigenvalue weighted by atomic mass is 19.4. The minimum atomic E-state index is -4.61. The normalized spacial score (nSPS) is 23.9. The van der Waals surface area contributed by atoms with Crippen molar-refractivity contribution in [2.45, 2.75) is 65.1 Å². The minimum absolute atomic E-state index is 0.0247. The molecular formula is C16H27F3N2O3. The zero-order valence-electron chi connectivity index (χ0n) is 14.9. The highest BCUT2D eigenvalue weighted by molar-refractivity contribution is 5.68. The molecule has 0 N–H and O–H groups in total. The molecule has 2 aliphatic heterocycles. The number of amides is 1. The van der Waals surface area contributed by atoms with Gasteiger partial charge in [-0.1, -0.05) is 0 Å². The van der Waals surface area contributed by atoms with E-state index in [2.05, 4.69) is 4.74 Å². The summed E-state index contributed by atoms with van der Waals surface area (Å²) in [7, 11) is 0. The van der Waals surface area contributed by atoms with Crippen LogP contribution in [0.4, 0.5) is 18.0 Å². The SMILES string of the molecule is CC([C@@H](C)OC(F)(F)F)N1CC2(CCN(C(=O)OC(C)(C)C)C2)C1. The van der Waals surface area contributed by atoms with E-state index in [1.807, 2.05) is 25.7 Å². The molecule has 2 heterocycles. The molecule has 2 rings (SSSR count). The minimum Gasteiger partial charge on any atom is -0.444 e. The van der Waals surface area contributed by atoms with Gasteiger partial charge in [0.15, 0.2) is 0 Å². The molecule has 0 bridgehead atoms. The second-order valence-electron chi connectivity index (χ2n) is 8.07. The number of halogens is 3. The van der Waals surface area contributed by atoms with Gasteiger partial charge < -0.3 is 9.64 Å². The monoisotopic (exact) mass is 352 g/mol. The molecule has 0 aromatic rings. The Morgan fingerprint density at radius 1 is 1.12 bits per heavy atom. The van der Waals surface area contributed by atoms with Gasteiger partial charge in [0.1, 0.15) is 5.60 Å². The Kier molecular flexibility index (Phi) is 5.12. The summed E-state index contributed by atoms with van der Waals surface area (Å²) in [6.45, 7) is 11.2. The predicted octanol–water partition coefficient (Wildman–Crippen LogP) is 3.24. The standard InChI is InChI=1S/C16H27F3N2O3/c1-11(12(2)23-16(17,18)19)21-9-15(10-21)6-7-20(8-15)13(22)24-14(3,4)5/h11-12H,6-10H2,1-5H3/t11?,12-/m1/s1. The van der Waals surface area contributed by atoms with E-state index in [9.17, 15) is 18.0 Å². The topological polar surface area (TPSA) is 42.0 Å². The summed E-state index contributed by atoms with van der Waals surface area (Å²) in [5, 5.41) is 0. The van der Waals surface area contributed by atoms with Crippen LogP contribution in [0.1, 0.15) is 41.0 Å². The summed E-state index contributed by atoms with van der Waals surface area (Å²) in [6.07, 6.45) is -5.01. The number of carbonyl (C=O) groups excluding carboxylic acids is 1. The summed E-state index contributed by atoms with van der Waals surface area (Å²) in [6, 6.07) is -0.326. The number of carbonyl (C=O) groups is 1. The van der Waals surface area contributed by atoms with Gasteiger partial charge in [-0.25, -0.2) is 4.79 Å². The van der Waals surface area contributed by atoms with Gasteiger partial charge in [0.2, 0.25) is 0 Å². The lowest BCUT2D eigenvalue weighted by atomic mass is 9.78. The molecule has 5 nitrogen and oxygen atoms in total. The van der Waals surface area contributed by atoms with Crippen LogP contribution in [0, 0.1) is 5.41 Å². The fraction of sp³-hybridized carbons (Fsp3) is 0.938. The van der Waals surface area contributed by atoms with E-state index >= 15 is 0 Å². The zero-order valence-corrected chi connectivity index (χ0v) is 14.9. The Morgan fingerprint density at radius 2 is 1.71 bits per heavy atom. The molecule has 2 aliphatic rings. The van der Waals surface area contributed by atoms with Crippen LogP contribution < -0.4 is 0 Å². The van der Waals surface area contributed by atoms with Crippen molar-refractivity contribution in [3.05, 3.63) is 0 Å². The van der Waals surface area contributed by atoms with Crippen LogP contribution in [-0.4, -0.2) is 66.2 Å². The second kappa shape index (κ2) is 6.37. The molecule has 1 spiro atoms. The molecule has 0 saturated carbocycles. The van der Waals surface area contributed by atoms with Crippen LogP contribution in [-0.2, 0) is 9.47 Å². The van der Waals surface area contributed by atoms with Gasteiger partial charge in [-0.05, 0) is 41.0 Å². The Hall–Kier alpha value is -1.02. The van der Waals surface area contributed by atoms with Gasteiger partial charge in [0, 0.05) is 37.6 Å². The molecule has 8 heteroatoms. The maximum absolute atomic E-state index is 12.3. The number of ether oxygens (including phenoxy) is 2. The van der Waals surface area contributed by atoms with Crippen LogP contribution in [0.15, 0.2) is 0 Å². The van der Waals surface area contributed by atoms with Gasteiger partial charge in [-0.3, -0.25) is 9.64 Å². The highest BCUT2D eigenvalue weighted by Crippen LogP contribution is 2.41. The van der Waals surface area contributed by atoms with Crippen molar-refractivity contribution in [2.75, 3.05) is 26.2 Å². The lowest BCUT2D eigenvalue weighted by molar-refractivity contribution is -0.347. The Bertz CT molecular complexity index is 470. The van der Waals surface area contributed by atoms with Crippen LogP contribution >= 0.6 is 0 Å². The molecule has 2 fully saturated rings. The lowest BCUT2D eigenvalue weighted by Gasteiger charge is -2.51. The van der Waals surface area contributed by atoms with Crippen molar-refractivity contribution in [3.8, 4) is 0 Å². The number of nitrogens with zero attached hydrogens (tertiary/aromatic N) is 2. The van der Waals surface area contributed by atoms with Gasteiger partial charge in [0.25, 0.3) is 0 Å². The Morgan fingerprint density at radius 3 is 2.21 bits per heavy atom. The number of alkyl halides is 3. The summed E-state index contributed by atoms with van der Waals surface area (Å²) in [4.78, 5) is 15.8. The first kappa shape index (κ1) is 19.3. The van der Waals surface area contributed by atoms with Crippen molar-refractivity contribution in [1.82, 2.24) is 9.80 Å². The van der Waals surface area contributed by atoms with Crippen molar-refractivity contribution in [3.63, 3.8) is 0 Å². The molecule has 1 unspecified atom stereocenters. The average Bonchev–Trinajstić information content (AvgIpc) is 2.77. The Balaban J connectivity index is 1.82. The third-order valence-electron chi connectivity index (χ3n) is 4.74. The van der Waals surface area contributed by atoms with Crippen molar-refractivity contribution >= 4 is 6.09 Å². The van der Waals surface area contributed by atoms with E-state index in [1.165, 1.54) is 6.92 Å².